The van der Waals surface area contributed by atoms with Crippen LogP contribution < -0.4 is 16.1 Å². The summed E-state index contributed by atoms with van der Waals surface area (Å²) in [6.45, 7) is 8.54. The molecule has 2 heterocycles. The fraction of sp³-hybridized carbons (Fsp3) is 0.321. The molecule has 0 amide bonds. The first-order chi connectivity index (χ1) is 16.5. The zero-order valence-electron chi connectivity index (χ0n) is 20.4. The van der Waals surface area contributed by atoms with Crippen LogP contribution in [0.2, 0.25) is 0 Å². The van der Waals surface area contributed by atoms with Crippen molar-refractivity contribution in [1.82, 2.24) is 14.8 Å². The zero-order chi connectivity index (χ0) is 24.1. The number of anilines is 2. The van der Waals surface area contributed by atoms with Crippen molar-refractivity contribution in [2.75, 3.05) is 32.0 Å². The summed E-state index contributed by atoms with van der Waals surface area (Å²) in [5.74, 6) is 0.730. The molecule has 178 valence electrons. The van der Waals surface area contributed by atoms with Gasteiger partial charge in [0.1, 0.15) is 5.82 Å². The van der Waals surface area contributed by atoms with E-state index in [9.17, 15) is 4.79 Å². The molecule has 1 aromatic heterocycles. The highest BCUT2D eigenvalue weighted by atomic mass is 16.5. The first-order valence-corrected chi connectivity index (χ1v) is 11.8. The molecule has 1 aliphatic heterocycles. The highest BCUT2D eigenvalue weighted by Gasteiger charge is 2.25. The Morgan fingerprint density at radius 2 is 1.65 bits per heavy atom. The van der Waals surface area contributed by atoms with Crippen molar-refractivity contribution in [2.24, 2.45) is 0 Å². The minimum atomic E-state index is 0.00586. The van der Waals surface area contributed by atoms with Crippen LogP contribution in [-0.2, 0) is 4.74 Å². The Hall–Kier alpha value is -3.35. The fourth-order valence-electron chi connectivity index (χ4n) is 4.71. The Morgan fingerprint density at radius 1 is 1.03 bits per heavy atom. The third-order valence-electron chi connectivity index (χ3n) is 6.03. The second-order valence-electron chi connectivity index (χ2n) is 8.94. The number of pyridine rings is 1. The van der Waals surface area contributed by atoms with Crippen molar-refractivity contribution < 1.29 is 4.74 Å². The number of hydrogen-bond donors (Lipinski definition) is 2. The molecule has 1 fully saturated rings. The van der Waals surface area contributed by atoms with E-state index in [-0.39, 0.29) is 17.6 Å². The zero-order valence-corrected chi connectivity index (χ0v) is 20.4. The van der Waals surface area contributed by atoms with Gasteiger partial charge in [-0.25, -0.2) is 0 Å². The molecule has 3 aromatic rings. The van der Waals surface area contributed by atoms with Gasteiger partial charge >= 0.3 is 0 Å². The summed E-state index contributed by atoms with van der Waals surface area (Å²) in [5, 5.41) is 6.69. The standard InChI is InChI=1S/C28H34N4O2/c1-20-17-31(18-21(2)34-20)19-23(16-29-4)28-22(3)26(33)15-27(30-24-11-7-5-8-12-24)32(28)25-13-9-6-10-14-25/h5-16,20-21,29-30H,17-19H2,1-4H3/b23-16-. The van der Waals surface area contributed by atoms with Crippen LogP contribution in [0.15, 0.2) is 77.7 Å². The number of rotatable bonds is 7. The van der Waals surface area contributed by atoms with Crippen LogP contribution in [0.1, 0.15) is 25.1 Å². The van der Waals surface area contributed by atoms with E-state index in [2.05, 4.69) is 46.1 Å². The Balaban J connectivity index is 1.87. The maximum absolute atomic E-state index is 13.2. The minimum absolute atomic E-state index is 0.00586. The second-order valence-corrected chi connectivity index (χ2v) is 8.94. The van der Waals surface area contributed by atoms with Crippen LogP contribution in [0.3, 0.4) is 0 Å². The van der Waals surface area contributed by atoms with E-state index >= 15 is 0 Å². The van der Waals surface area contributed by atoms with Gasteiger partial charge in [-0.3, -0.25) is 14.3 Å². The molecule has 2 aromatic carbocycles. The van der Waals surface area contributed by atoms with Gasteiger partial charge in [0.25, 0.3) is 0 Å². The van der Waals surface area contributed by atoms with Crippen molar-refractivity contribution >= 4 is 17.1 Å². The van der Waals surface area contributed by atoms with Crippen molar-refractivity contribution in [3.63, 3.8) is 0 Å². The van der Waals surface area contributed by atoms with Crippen LogP contribution in [0.4, 0.5) is 11.5 Å². The monoisotopic (exact) mass is 458 g/mol. The molecule has 0 spiro atoms. The first-order valence-electron chi connectivity index (χ1n) is 11.8. The van der Waals surface area contributed by atoms with Gasteiger partial charge in [0, 0.05) is 61.5 Å². The molecule has 6 nitrogen and oxygen atoms in total. The molecule has 2 N–H and O–H groups in total. The number of ether oxygens (including phenoxy) is 1. The maximum Gasteiger partial charge on any atom is 0.187 e. The number of aromatic nitrogens is 1. The lowest BCUT2D eigenvalue weighted by molar-refractivity contribution is -0.0640. The summed E-state index contributed by atoms with van der Waals surface area (Å²) >= 11 is 0. The van der Waals surface area contributed by atoms with E-state index < -0.39 is 0 Å². The topological polar surface area (TPSA) is 58.5 Å². The van der Waals surface area contributed by atoms with E-state index in [1.54, 1.807) is 6.07 Å². The van der Waals surface area contributed by atoms with Crippen LogP contribution in [0.5, 0.6) is 0 Å². The number of nitrogens with zero attached hydrogens (tertiary/aromatic N) is 2. The third kappa shape index (κ3) is 5.41. The van der Waals surface area contributed by atoms with Crippen molar-refractivity contribution in [3.8, 4) is 5.69 Å². The Bertz CT molecular complexity index is 1180. The minimum Gasteiger partial charge on any atom is -0.394 e. The van der Waals surface area contributed by atoms with Crippen molar-refractivity contribution in [3.05, 3.63) is 94.4 Å². The predicted molar refractivity (Wildman–Crippen MR) is 140 cm³/mol. The molecular formula is C28H34N4O2. The smallest absolute Gasteiger partial charge is 0.187 e. The summed E-state index contributed by atoms with van der Waals surface area (Å²) in [7, 11) is 1.90. The summed E-state index contributed by atoms with van der Waals surface area (Å²) in [5.41, 5.74) is 4.60. The molecule has 4 rings (SSSR count). The van der Waals surface area contributed by atoms with Crippen LogP contribution in [-0.4, -0.2) is 48.4 Å². The van der Waals surface area contributed by atoms with E-state index in [0.29, 0.717) is 6.54 Å². The molecule has 0 radical (unpaired) electrons. The van der Waals surface area contributed by atoms with Gasteiger partial charge in [-0.2, -0.15) is 0 Å². The van der Waals surface area contributed by atoms with Crippen molar-refractivity contribution in [2.45, 2.75) is 33.0 Å². The summed E-state index contributed by atoms with van der Waals surface area (Å²) in [6, 6.07) is 21.8. The van der Waals surface area contributed by atoms with E-state index in [0.717, 1.165) is 47.1 Å². The number of para-hydroxylation sites is 2. The van der Waals surface area contributed by atoms with Gasteiger partial charge in [-0.1, -0.05) is 36.4 Å². The van der Waals surface area contributed by atoms with Crippen LogP contribution in [0, 0.1) is 6.92 Å². The van der Waals surface area contributed by atoms with Gasteiger partial charge in [-0.05, 0) is 45.0 Å². The SMILES string of the molecule is CN/C=C(/CN1CC(C)OC(C)C1)c1c(C)c(=O)cc(Nc2ccccc2)n1-c1ccccc1. The average molecular weight is 459 g/mol. The Kier molecular flexibility index (Phi) is 7.50. The lowest BCUT2D eigenvalue weighted by Crippen LogP contribution is -2.46. The quantitative estimate of drug-likeness (QED) is 0.544. The van der Waals surface area contributed by atoms with Crippen molar-refractivity contribution in [1.29, 1.82) is 0 Å². The predicted octanol–water partition coefficient (Wildman–Crippen LogP) is 4.56. The molecule has 1 aliphatic rings. The molecule has 0 saturated carbocycles. The lowest BCUT2D eigenvalue weighted by atomic mass is 10.0. The number of benzene rings is 2. The number of morpholine rings is 1. The molecule has 0 bridgehead atoms. The second kappa shape index (κ2) is 10.7. The first kappa shape index (κ1) is 23.8. The van der Waals surface area contributed by atoms with E-state index in [4.69, 9.17) is 4.74 Å². The maximum atomic E-state index is 13.2. The molecule has 0 aliphatic carbocycles. The Morgan fingerprint density at radius 3 is 2.26 bits per heavy atom. The summed E-state index contributed by atoms with van der Waals surface area (Å²) < 4.78 is 8.10. The summed E-state index contributed by atoms with van der Waals surface area (Å²) in [6.07, 6.45) is 2.35. The molecule has 2 unspecified atom stereocenters. The number of hydrogen-bond acceptors (Lipinski definition) is 5. The molecule has 6 heteroatoms. The highest BCUT2D eigenvalue weighted by molar-refractivity contribution is 5.72. The Labute approximate surface area is 201 Å². The fourth-order valence-corrected chi connectivity index (χ4v) is 4.71. The molecule has 34 heavy (non-hydrogen) atoms. The van der Waals surface area contributed by atoms with Gasteiger partial charge < -0.3 is 15.4 Å². The lowest BCUT2D eigenvalue weighted by Gasteiger charge is -2.36. The largest absolute Gasteiger partial charge is 0.394 e. The molecule has 1 saturated heterocycles. The normalized spacial score (nSPS) is 19.1. The van der Waals surface area contributed by atoms with Gasteiger partial charge in [0.15, 0.2) is 5.43 Å². The molecule has 2 atom stereocenters. The average Bonchev–Trinajstić information content (AvgIpc) is 2.81. The highest BCUT2D eigenvalue weighted by Crippen LogP contribution is 2.29. The van der Waals surface area contributed by atoms with Crippen LogP contribution >= 0.6 is 0 Å². The summed E-state index contributed by atoms with van der Waals surface area (Å²) in [4.78, 5) is 15.6. The molecular weight excluding hydrogens is 424 g/mol. The third-order valence-corrected chi connectivity index (χ3v) is 6.03. The van der Waals surface area contributed by atoms with E-state index in [1.165, 1.54) is 0 Å². The van der Waals surface area contributed by atoms with Gasteiger partial charge in [0.05, 0.1) is 17.9 Å². The van der Waals surface area contributed by atoms with E-state index in [1.807, 2.05) is 68.7 Å². The van der Waals surface area contributed by atoms with Gasteiger partial charge in [-0.15, -0.1) is 0 Å². The van der Waals surface area contributed by atoms with Crippen LogP contribution in [0.25, 0.3) is 11.3 Å². The number of nitrogens with one attached hydrogen (secondary N) is 2. The van der Waals surface area contributed by atoms with Gasteiger partial charge in [0.2, 0.25) is 0 Å².